The standard InChI is InChI=1S/C24H34FN3O3/c1-3-27-12-9-24(22(27)30)18-26(13-14-31-2)17-23(24)7-10-28(11-8-23)21(29)16-19-5-4-6-20(25)15-19/h4-6,15H,3,7-14,16-18H2,1-2H3. The first-order valence-corrected chi connectivity index (χ1v) is 11.5. The van der Waals surface area contributed by atoms with Crippen LogP contribution in [0.15, 0.2) is 24.3 Å². The molecule has 0 aliphatic carbocycles. The first-order valence-electron chi connectivity index (χ1n) is 11.5. The number of carbonyl (C=O) groups is 2. The van der Waals surface area contributed by atoms with Crippen LogP contribution in [0.4, 0.5) is 4.39 Å². The van der Waals surface area contributed by atoms with E-state index in [1.807, 2.05) is 9.80 Å². The minimum absolute atomic E-state index is 0.0386. The summed E-state index contributed by atoms with van der Waals surface area (Å²) in [6, 6.07) is 6.26. The van der Waals surface area contributed by atoms with Gasteiger partial charge in [0.05, 0.1) is 18.4 Å². The van der Waals surface area contributed by atoms with Crippen LogP contribution in [0.3, 0.4) is 0 Å². The van der Waals surface area contributed by atoms with Gasteiger partial charge in [-0.05, 0) is 43.9 Å². The minimum Gasteiger partial charge on any atom is -0.383 e. The number of hydrogen-bond acceptors (Lipinski definition) is 4. The van der Waals surface area contributed by atoms with E-state index in [-0.39, 0.29) is 29.0 Å². The molecule has 1 unspecified atom stereocenters. The topological polar surface area (TPSA) is 53.1 Å². The van der Waals surface area contributed by atoms with Gasteiger partial charge in [0.15, 0.2) is 0 Å². The van der Waals surface area contributed by atoms with Crippen LogP contribution in [0.1, 0.15) is 31.7 Å². The zero-order valence-electron chi connectivity index (χ0n) is 18.7. The summed E-state index contributed by atoms with van der Waals surface area (Å²) in [4.78, 5) is 32.7. The minimum atomic E-state index is -0.339. The molecule has 2 amide bonds. The van der Waals surface area contributed by atoms with Gasteiger partial charge in [-0.25, -0.2) is 4.39 Å². The normalized spacial score (nSPS) is 25.8. The predicted octanol–water partition coefficient (Wildman–Crippen LogP) is 2.18. The molecule has 3 fully saturated rings. The Hall–Kier alpha value is -1.99. The maximum absolute atomic E-state index is 13.5. The molecule has 3 saturated heterocycles. The van der Waals surface area contributed by atoms with Crippen LogP contribution in [0, 0.1) is 16.6 Å². The molecule has 7 heteroatoms. The summed E-state index contributed by atoms with van der Waals surface area (Å²) in [7, 11) is 1.71. The van der Waals surface area contributed by atoms with Crippen LogP contribution in [0.25, 0.3) is 0 Å². The Morgan fingerprint density at radius 2 is 1.94 bits per heavy atom. The van der Waals surface area contributed by atoms with Crippen molar-refractivity contribution in [3.05, 3.63) is 35.6 Å². The average molecular weight is 432 g/mol. The van der Waals surface area contributed by atoms with Crippen molar-refractivity contribution < 1.29 is 18.7 Å². The number of benzene rings is 1. The molecule has 0 aromatic heterocycles. The number of amides is 2. The van der Waals surface area contributed by atoms with Crippen molar-refractivity contribution in [2.75, 3.05) is 59.5 Å². The summed E-state index contributed by atoms with van der Waals surface area (Å²) in [6.07, 6.45) is 2.81. The van der Waals surface area contributed by atoms with E-state index in [0.29, 0.717) is 31.2 Å². The monoisotopic (exact) mass is 431 g/mol. The Kier molecular flexibility index (Phi) is 6.35. The highest BCUT2D eigenvalue weighted by Crippen LogP contribution is 2.57. The molecule has 0 radical (unpaired) electrons. The number of halogens is 1. The lowest BCUT2D eigenvalue weighted by molar-refractivity contribution is -0.143. The van der Waals surface area contributed by atoms with Crippen LogP contribution in [-0.4, -0.2) is 86.0 Å². The largest absolute Gasteiger partial charge is 0.383 e. The second kappa shape index (κ2) is 8.87. The fourth-order valence-electron chi connectivity index (χ4n) is 6.09. The van der Waals surface area contributed by atoms with E-state index >= 15 is 0 Å². The molecular formula is C24H34FN3O3. The number of rotatable bonds is 6. The highest BCUT2D eigenvalue weighted by atomic mass is 19.1. The van der Waals surface area contributed by atoms with Gasteiger partial charge >= 0.3 is 0 Å². The van der Waals surface area contributed by atoms with Gasteiger partial charge in [-0.1, -0.05) is 12.1 Å². The molecule has 3 aliphatic heterocycles. The van der Waals surface area contributed by atoms with E-state index in [4.69, 9.17) is 4.74 Å². The zero-order chi connectivity index (χ0) is 22.1. The van der Waals surface area contributed by atoms with E-state index in [1.165, 1.54) is 12.1 Å². The third-order valence-corrected chi connectivity index (χ3v) is 7.85. The van der Waals surface area contributed by atoms with Crippen LogP contribution >= 0.6 is 0 Å². The highest BCUT2D eigenvalue weighted by Gasteiger charge is 2.64. The van der Waals surface area contributed by atoms with Gasteiger partial charge in [0.25, 0.3) is 0 Å². The fourth-order valence-corrected chi connectivity index (χ4v) is 6.09. The Labute approximate surface area is 184 Å². The Morgan fingerprint density at radius 3 is 2.58 bits per heavy atom. The van der Waals surface area contributed by atoms with Gasteiger partial charge in [-0.15, -0.1) is 0 Å². The fraction of sp³-hybridized carbons (Fsp3) is 0.667. The summed E-state index contributed by atoms with van der Waals surface area (Å²) in [6.45, 7) is 8.15. The predicted molar refractivity (Wildman–Crippen MR) is 116 cm³/mol. The molecule has 0 saturated carbocycles. The number of nitrogens with zero attached hydrogens (tertiary/aromatic N) is 3. The van der Waals surface area contributed by atoms with Crippen LogP contribution in [0.5, 0.6) is 0 Å². The molecule has 1 aromatic carbocycles. The van der Waals surface area contributed by atoms with Crippen molar-refractivity contribution in [1.29, 1.82) is 0 Å². The van der Waals surface area contributed by atoms with E-state index < -0.39 is 0 Å². The van der Waals surface area contributed by atoms with Crippen molar-refractivity contribution in [2.24, 2.45) is 10.8 Å². The number of likely N-dealkylation sites (tertiary alicyclic amines) is 3. The molecule has 0 bridgehead atoms. The molecule has 0 N–H and O–H groups in total. The van der Waals surface area contributed by atoms with Gasteiger partial charge in [-0.3, -0.25) is 14.5 Å². The van der Waals surface area contributed by atoms with Crippen molar-refractivity contribution in [2.45, 2.75) is 32.6 Å². The van der Waals surface area contributed by atoms with Crippen LogP contribution in [0.2, 0.25) is 0 Å². The first kappa shape index (κ1) is 22.2. The lowest BCUT2D eigenvalue weighted by atomic mass is 9.60. The zero-order valence-corrected chi connectivity index (χ0v) is 18.7. The molecular weight excluding hydrogens is 397 g/mol. The quantitative estimate of drug-likeness (QED) is 0.693. The van der Waals surface area contributed by atoms with E-state index in [2.05, 4.69) is 11.8 Å². The molecule has 2 spiro atoms. The first-order chi connectivity index (χ1) is 14.9. The second-order valence-electron chi connectivity index (χ2n) is 9.39. The number of methoxy groups -OCH3 is 1. The van der Waals surface area contributed by atoms with Gasteiger partial charge in [-0.2, -0.15) is 0 Å². The summed E-state index contributed by atoms with van der Waals surface area (Å²) in [5.74, 6) is 0.0262. The van der Waals surface area contributed by atoms with Gasteiger partial charge in [0.2, 0.25) is 11.8 Å². The van der Waals surface area contributed by atoms with Crippen molar-refractivity contribution in [3.63, 3.8) is 0 Å². The SMILES string of the molecule is CCN1CCC2(CN(CCOC)CC23CCN(C(=O)Cc2cccc(F)c2)CC3)C1=O. The summed E-state index contributed by atoms with van der Waals surface area (Å²) >= 11 is 0. The molecule has 170 valence electrons. The number of hydrogen-bond donors (Lipinski definition) is 0. The van der Waals surface area contributed by atoms with E-state index in [0.717, 1.165) is 52.0 Å². The molecule has 1 aromatic rings. The smallest absolute Gasteiger partial charge is 0.230 e. The van der Waals surface area contributed by atoms with Crippen LogP contribution in [-0.2, 0) is 20.7 Å². The molecule has 4 rings (SSSR count). The Balaban J connectivity index is 1.47. The molecule has 1 atom stereocenters. The summed E-state index contributed by atoms with van der Waals surface area (Å²) < 4.78 is 18.8. The second-order valence-corrected chi connectivity index (χ2v) is 9.39. The maximum Gasteiger partial charge on any atom is 0.230 e. The van der Waals surface area contributed by atoms with Crippen molar-refractivity contribution >= 4 is 11.8 Å². The van der Waals surface area contributed by atoms with Crippen LogP contribution < -0.4 is 0 Å². The summed E-state index contributed by atoms with van der Waals surface area (Å²) in [5, 5.41) is 0. The number of ether oxygens (including phenoxy) is 1. The van der Waals surface area contributed by atoms with Gasteiger partial charge < -0.3 is 14.5 Å². The number of fused-ring (bicyclic) bond motifs is 1. The molecule has 31 heavy (non-hydrogen) atoms. The van der Waals surface area contributed by atoms with Gasteiger partial charge in [0.1, 0.15) is 5.82 Å². The molecule has 3 heterocycles. The van der Waals surface area contributed by atoms with E-state index in [1.54, 1.807) is 19.2 Å². The average Bonchev–Trinajstić information content (AvgIpc) is 3.24. The van der Waals surface area contributed by atoms with Gasteiger partial charge in [0, 0.05) is 58.3 Å². The molecule has 6 nitrogen and oxygen atoms in total. The Morgan fingerprint density at radius 1 is 1.16 bits per heavy atom. The lowest BCUT2D eigenvalue weighted by Gasteiger charge is -2.47. The number of carbonyl (C=O) groups excluding carboxylic acids is 2. The van der Waals surface area contributed by atoms with Crippen molar-refractivity contribution in [1.82, 2.24) is 14.7 Å². The highest BCUT2D eigenvalue weighted by molar-refractivity contribution is 5.87. The number of piperidine rings is 1. The maximum atomic E-state index is 13.5. The summed E-state index contributed by atoms with van der Waals surface area (Å²) in [5.41, 5.74) is 0.282. The third-order valence-electron chi connectivity index (χ3n) is 7.85. The van der Waals surface area contributed by atoms with E-state index in [9.17, 15) is 14.0 Å². The Bertz CT molecular complexity index is 824. The molecule has 3 aliphatic rings. The van der Waals surface area contributed by atoms with Crippen molar-refractivity contribution in [3.8, 4) is 0 Å². The lowest BCUT2D eigenvalue weighted by Crippen LogP contribution is -2.53. The third kappa shape index (κ3) is 3.98.